The molecule has 5 heteroatoms. The van der Waals surface area contributed by atoms with Crippen LogP contribution in [0.5, 0.6) is 11.8 Å². The molecule has 0 atom stereocenters. The van der Waals surface area contributed by atoms with Gasteiger partial charge in [0.1, 0.15) is 0 Å². The van der Waals surface area contributed by atoms with Gasteiger partial charge >= 0.3 is 6.16 Å². The van der Waals surface area contributed by atoms with E-state index in [0.717, 1.165) is 36.8 Å². The highest BCUT2D eigenvalue weighted by Crippen LogP contribution is 2.47. The van der Waals surface area contributed by atoms with Crippen LogP contribution in [0.3, 0.4) is 0 Å². The predicted octanol–water partition coefficient (Wildman–Crippen LogP) is 4.94. The Labute approximate surface area is 153 Å². The van der Waals surface area contributed by atoms with Crippen LogP contribution in [0.15, 0.2) is 36.7 Å². The van der Waals surface area contributed by atoms with Gasteiger partial charge in [-0.2, -0.15) is 0 Å². The van der Waals surface area contributed by atoms with E-state index in [-0.39, 0.29) is 10.8 Å². The van der Waals surface area contributed by atoms with E-state index in [2.05, 4.69) is 23.8 Å². The monoisotopic (exact) mass is 352 g/mol. The largest absolute Gasteiger partial charge is 0.522 e. The molecule has 0 saturated heterocycles. The SMILES string of the molecule is CC1(c2cccnc2OC(=O)Oc2ncccc2C2(C)CCC2)CCC1. The summed E-state index contributed by atoms with van der Waals surface area (Å²) in [6.45, 7) is 4.36. The average molecular weight is 352 g/mol. The Morgan fingerprint density at radius 1 is 0.846 bits per heavy atom. The highest BCUT2D eigenvalue weighted by Gasteiger charge is 2.38. The summed E-state index contributed by atoms with van der Waals surface area (Å²) in [5, 5.41) is 0. The van der Waals surface area contributed by atoms with Crippen LogP contribution in [0, 0.1) is 0 Å². The van der Waals surface area contributed by atoms with Gasteiger partial charge in [-0.3, -0.25) is 0 Å². The van der Waals surface area contributed by atoms with Crippen molar-refractivity contribution in [3.63, 3.8) is 0 Å². The molecule has 0 aliphatic heterocycles. The lowest BCUT2D eigenvalue weighted by atomic mass is 9.66. The Morgan fingerprint density at radius 3 is 1.62 bits per heavy atom. The number of rotatable bonds is 4. The van der Waals surface area contributed by atoms with Gasteiger partial charge in [0.15, 0.2) is 0 Å². The highest BCUT2D eigenvalue weighted by molar-refractivity contribution is 5.67. The molecule has 0 amide bonds. The zero-order valence-corrected chi connectivity index (χ0v) is 15.3. The van der Waals surface area contributed by atoms with Gasteiger partial charge in [0.05, 0.1) is 0 Å². The molecule has 4 rings (SSSR count). The molecule has 0 N–H and O–H groups in total. The number of pyridine rings is 2. The Morgan fingerprint density at radius 2 is 1.27 bits per heavy atom. The third-order valence-corrected chi connectivity index (χ3v) is 6.12. The smallest absolute Gasteiger partial charge is 0.375 e. The van der Waals surface area contributed by atoms with Gasteiger partial charge < -0.3 is 9.47 Å². The molecule has 2 aliphatic rings. The fourth-order valence-corrected chi connectivity index (χ4v) is 3.99. The first-order chi connectivity index (χ1) is 12.5. The molecule has 0 unspecified atom stereocenters. The van der Waals surface area contributed by atoms with Crippen LogP contribution in [0.4, 0.5) is 4.79 Å². The van der Waals surface area contributed by atoms with Crippen LogP contribution in [0.1, 0.15) is 63.5 Å². The molecule has 136 valence electrons. The average Bonchev–Trinajstić information content (AvgIpc) is 2.58. The van der Waals surface area contributed by atoms with E-state index in [9.17, 15) is 4.79 Å². The van der Waals surface area contributed by atoms with E-state index in [0.29, 0.717) is 11.8 Å². The maximum absolute atomic E-state index is 12.4. The van der Waals surface area contributed by atoms with Crippen molar-refractivity contribution in [3.05, 3.63) is 47.8 Å². The number of hydrogen-bond donors (Lipinski definition) is 0. The zero-order valence-electron chi connectivity index (χ0n) is 15.3. The van der Waals surface area contributed by atoms with Crippen molar-refractivity contribution >= 4 is 6.16 Å². The van der Waals surface area contributed by atoms with E-state index in [4.69, 9.17) is 9.47 Å². The second kappa shape index (κ2) is 6.38. The molecular formula is C21H24N2O3. The van der Waals surface area contributed by atoms with Crippen LogP contribution in [0.2, 0.25) is 0 Å². The van der Waals surface area contributed by atoms with Crippen LogP contribution in [0.25, 0.3) is 0 Å². The molecule has 2 heterocycles. The van der Waals surface area contributed by atoms with Crippen molar-refractivity contribution in [3.8, 4) is 11.8 Å². The number of carbonyl (C=O) groups excluding carboxylic acids is 1. The minimum absolute atomic E-state index is 0.0272. The molecule has 2 aromatic heterocycles. The quantitative estimate of drug-likeness (QED) is 0.730. The van der Waals surface area contributed by atoms with Crippen molar-refractivity contribution in [2.24, 2.45) is 0 Å². The van der Waals surface area contributed by atoms with Crippen molar-refractivity contribution < 1.29 is 14.3 Å². The van der Waals surface area contributed by atoms with Gasteiger partial charge in [0.25, 0.3) is 0 Å². The Balaban J connectivity index is 1.53. The van der Waals surface area contributed by atoms with Crippen molar-refractivity contribution in [2.75, 3.05) is 0 Å². The first-order valence-electron chi connectivity index (χ1n) is 9.31. The van der Waals surface area contributed by atoms with E-state index in [1.54, 1.807) is 12.4 Å². The summed E-state index contributed by atoms with van der Waals surface area (Å²) in [5.41, 5.74) is 1.99. The Bertz CT molecular complexity index is 758. The molecule has 2 aromatic rings. The minimum atomic E-state index is -0.782. The van der Waals surface area contributed by atoms with Crippen molar-refractivity contribution in [1.82, 2.24) is 9.97 Å². The Kier molecular flexibility index (Phi) is 4.17. The number of nitrogens with zero attached hydrogens (tertiary/aromatic N) is 2. The number of hydrogen-bond acceptors (Lipinski definition) is 5. The fourth-order valence-electron chi connectivity index (χ4n) is 3.99. The van der Waals surface area contributed by atoms with Crippen molar-refractivity contribution in [1.29, 1.82) is 0 Å². The summed E-state index contributed by atoms with van der Waals surface area (Å²) in [6.07, 6.45) is 9.16. The van der Waals surface area contributed by atoms with E-state index in [1.807, 2.05) is 24.3 Å². The standard InChI is InChI=1S/C21H24N2O3/c1-20(9-5-10-20)15-7-3-13-22-17(15)25-19(24)26-18-16(8-4-14-23-18)21(2)11-6-12-21/h3-4,7-8,13-14H,5-6,9-12H2,1-2H3. The number of ether oxygens (including phenoxy) is 2. The Hall–Kier alpha value is -2.43. The lowest BCUT2D eigenvalue weighted by molar-refractivity contribution is 0.143. The van der Waals surface area contributed by atoms with Crippen LogP contribution >= 0.6 is 0 Å². The third kappa shape index (κ3) is 2.96. The molecule has 5 nitrogen and oxygen atoms in total. The summed E-state index contributed by atoms with van der Waals surface area (Å²) >= 11 is 0. The summed E-state index contributed by atoms with van der Waals surface area (Å²) in [4.78, 5) is 21.0. The molecule has 26 heavy (non-hydrogen) atoms. The highest BCUT2D eigenvalue weighted by atomic mass is 16.7. The first kappa shape index (κ1) is 17.0. The van der Waals surface area contributed by atoms with Gasteiger partial charge in [0.2, 0.25) is 11.8 Å². The lowest BCUT2D eigenvalue weighted by Gasteiger charge is -2.39. The molecule has 2 fully saturated rings. The second-order valence-corrected chi connectivity index (χ2v) is 7.99. The summed E-state index contributed by atoms with van der Waals surface area (Å²) in [6, 6.07) is 7.73. The summed E-state index contributed by atoms with van der Waals surface area (Å²) in [7, 11) is 0. The van der Waals surface area contributed by atoms with Crippen LogP contribution in [-0.4, -0.2) is 16.1 Å². The van der Waals surface area contributed by atoms with Gasteiger partial charge in [-0.15, -0.1) is 0 Å². The normalized spacial score (nSPS) is 19.8. The van der Waals surface area contributed by atoms with E-state index >= 15 is 0 Å². The molecular weight excluding hydrogens is 328 g/mol. The third-order valence-electron chi connectivity index (χ3n) is 6.12. The second-order valence-electron chi connectivity index (χ2n) is 7.99. The molecule has 0 radical (unpaired) electrons. The van der Waals surface area contributed by atoms with E-state index in [1.165, 1.54) is 12.8 Å². The topological polar surface area (TPSA) is 61.3 Å². The van der Waals surface area contributed by atoms with Crippen LogP contribution in [-0.2, 0) is 10.8 Å². The molecule has 0 aromatic carbocycles. The zero-order chi connectivity index (χ0) is 18.2. The summed E-state index contributed by atoms with van der Waals surface area (Å²) < 4.78 is 11.0. The number of aromatic nitrogens is 2. The lowest BCUT2D eigenvalue weighted by Crippen LogP contribution is -2.32. The molecule has 0 spiro atoms. The maximum atomic E-state index is 12.4. The van der Waals surface area contributed by atoms with Crippen molar-refractivity contribution in [2.45, 2.75) is 63.2 Å². The molecule has 0 bridgehead atoms. The maximum Gasteiger partial charge on any atom is 0.522 e. The molecule has 2 saturated carbocycles. The van der Waals surface area contributed by atoms with Gasteiger partial charge in [-0.1, -0.05) is 38.8 Å². The predicted molar refractivity (Wildman–Crippen MR) is 97.5 cm³/mol. The first-order valence-corrected chi connectivity index (χ1v) is 9.31. The van der Waals surface area contributed by atoms with Gasteiger partial charge in [-0.05, 0) is 48.6 Å². The minimum Gasteiger partial charge on any atom is -0.375 e. The van der Waals surface area contributed by atoms with Gasteiger partial charge in [-0.25, -0.2) is 14.8 Å². The fraction of sp³-hybridized carbons (Fsp3) is 0.476. The van der Waals surface area contributed by atoms with E-state index < -0.39 is 6.16 Å². The summed E-state index contributed by atoms with van der Waals surface area (Å²) in [5.74, 6) is 0.680. The molecule has 2 aliphatic carbocycles. The van der Waals surface area contributed by atoms with Gasteiger partial charge in [0, 0.05) is 23.5 Å². The number of carbonyl (C=O) groups is 1. The van der Waals surface area contributed by atoms with Crippen LogP contribution < -0.4 is 9.47 Å².